The van der Waals surface area contributed by atoms with Crippen molar-refractivity contribution >= 4 is 5.97 Å². The highest BCUT2D eigenvalue weighted by Gasteiger charge is 2.16. The summed E-state index contributed by atoms with van der Waals surface area (Å²) in [5, 5.41) is 8.80. The van der Waals surface area contributed by atoms with Crippen molar-refractivity contribution in [3.63, 3.8) is 0 Å². The summed E-state index contributed by atoms with van der Waals surface area (Å²) in [6, 6.07) is 0. The number of hydrogen-bond donors (Lipinski definition) is 1. The minimum absolute atomic E-state index is 0.197. The average molecular weight is 267 g/mol. The number of imidazole rings is 1. The SMILES string of the molecule is CCCCCCc1n(CCC(=O)O)cc[n+]1CCC. The molecule has 1 N–H and O–H groups in total. The number of carboxylic acids is 1. The van der Waals surface area contributed by atoms with Gasteiger partial charge in [0.05, 0.1) is 13.0 Å². The van der Waals surface area contributed by atoms with E-state index in [1.165, 1.54) is 31.5 Å². The number of aryl methyl sites for hydroxylation is 2. The molecule has 0 aromatic carbocycles. The maximum absolute atomic E-state index is 10.7. The zero-order valence-corrected chi connectivity index (χ0v) is 12.3. The van der Waals surface area contributed by atoms with Crippen LogP contribution in [0.15, 0.2) is 12.4 Å². The second-order valence-electron chi connectivity index (χ2n) is 5.06. The van der Waals surface area contributed by atoms with Crippen LogP contribution in [0.3, 0.4) is 0 Å². The molecule has 1 aromatic rings. The Balaban J connectivity index is 2.64. The van der Waals surface area contributed by atoms with Crippen LogP contribution in [0.5, 0.6) is 0 Å². The molecule has 108 valence electrons. The van der Waals surface area contributed by atoms with E-state index in [1.54, 1.807) is 0 Å². The van der Waals surface area contributed by atoms with Crippen LogP contribution in [0, 0.1) is 0 Å². The highest BCUT2D eigenvalue weighted by molar-refractivity contribution is 5.66. The predicted molar refractivity (Wildman–Crippen MR) is 75.0 cm³/mol. The smallest absolute Gasteiger partial charge is 0.307 e. The lowest BCUT2D eigenvalue weighted by molar-refractivity contribution is -0.703. The zero-order chi connectivity index (χ0) is 14.1. The van der Waals surface area contributed by atoms with Gasteiger partial charge in [-0.15, -0.1) is 0 Å². The first-order valence-corrected chi connectivity index (χ1v) is 7.48. The molecule has 0 saturated heterocycles. The van der Waals surface area contributed by atoms with Gasteiger partial charge in [0.25, 0.3) is 5.82 Å². The molecule has 0 amide bonds. The van der Waals surface area contributed by atoms with E-state index in [4.69, 9.17) is 5.11 Å². The van der Waals surface area contributed by atoms with Crippen molar-refractivity contribution in [1.29, 1.82) is 0 Å². The number of hydrogen-bond acceptors (Lipinski definition) is 1. The molecule has 0 aliphatic rings. The Kier molecular flexibility index (Phi) is 7.23. The molecule has 0 unspecified atom stereocenters. The van der Waals surface area contributed by atoms with Gasteiger partial charge in [-0.25, -0.2) is 9.13 Å². The molecule has 0 atom stereocenters. The maximum Gasteiger partial charge on any atom is 0.307 e. The summed E-state index contributed by atoms with van der Waals surface area (Å²) in [6.07, 6.45) is 11.4. The fourth-order valence-electron chi connectivity index (χ4n) is 2.36. The van der Waals surface area contributed by atoms with Gasteiger partial charge in [-0.3, -0.25) is 4.79 Å². The van der Waals surface area contributed by atoms with Gasteiger partial charge in [0.1, 0.15) is 18.9 Å². The molecule has 0 aliphatic carbocycles. The summed E-state index contributed by atoms with van der Waals surface area (Å²) in [6.45, 7) is 5.98. The van der Waals surface area contributed by atoms with Crippen LogP contribution in [0.25, 0.3) is 0 Å². The first-order valence-electron chi connectivity index (χ1n) is 7.48. The van der Waals surface area contributed by atoms with Crippen LogP contribution >= 0.6 is 0 Å². The molecule has 4 heteroatoms. The lowest BCUT2D eigenvalue weighted by Crippen LogP contribution is -2.37. The number of rotatable bonds is 10. The third-order valence-electron chi connectivity index (χ3n) is 3.37. The van der Waals surface area contributed by atoms with E-state index in [-0.39, 0.29) is 6.42 Å². The molecule has 0 aliphatic heterocycles. The Morgan fingerprint density at radius 2 is 2.05 bits per heavy atom. The summed E-state index contributed by atoms with van der Waals surface area (Å²) >= 11 is 0. The van der Waals surface area contributed by atoms with Crippen molar-refractivity contribution in [2.75, 3.05) is 0 Å². The molecule has 0 spiro atoms. The van der Waals surface area contributed by atoms with E-state index >= 15 is 0 Å². The van der Waals surface area contributed by atoms with Crippen molar-refractivity contribution in [3.05, 3.63) is 18.2 Å². The zero-order valence-electron chi connectivity index (χ0n) is 12.3. The van der Waals surface area contributed by atoms with Crippen LogP contribution in [0.4, 0.5) is 0 Å². The van der Waals surface area contributed by atoms with Gasteiger partial charge < -0.3 is 5.11 Å². The largest absolute Gasteiger partial charge is 0.481 e. The second-order valence-corrected chi connectivity index (χ2v) is 5.06. The Labute approximate surface area is 116 Å². The van der Waals surface area contributed by atoms with Crippen molar-refractivity contribution in [2.45, 2.75) is 71.9 Å². The summed E-state index contributed by atoms with van der Waals surface area (Å²) < 4.78 is 4.38. The summed E-state index contributed by atoms with van der Waals surface area (Å²) in [5.41, 5.74) is 0. The van der Waals surface area contributed by atoms with Gasteiger partial charge in [-0.05, 0) is 12.8 Å². The van der Waals surface area contributed by atoms with Crippen LogP contribution in [-0.2, 0) is 24.3 Å². The molecule has 1 rings (SSSR count). The fourth-order valence-corrected chi connectivity index (χ4v) is 2.36. The Morgan fingerprint density at radius 3 is 2.68 bits per heavy atom. The van der Waals surface area contributed by atoms with Crippen LogP contribution in [0.2, 0.25) is 0 Å². The lowest BCUT2D eigenvalue weighted by atomic mass is 10.1. The molecule has 4 nitrogen and oxygen atoms in total. The van der Waals surface area contributed by atoms with Crippen LogP contribution < -0.4 is 4.57 Å². The maximum atomic E-state index is 10.7. The van der Waals surface area contributed by atoms with E-state index < -0.39 is 5.97 Å². The van der Waals surface area contributed by atoms with Crippen LogP contribution in [0.1, 0.15) is 58.2 Å². The van der Waals surface area contributed by atoms with E-state index in [1.807, 2.05) is 6.20 Å². The average Bonchev–Trinajstić information content (AvgIpc) is 2.75. The van der Waals surface area contributed by atoms with Gasteiger partial charge in [0, 0.05) is 6.42 Å². The number of aliphatic carboxylic acids is 1. The van der Waals surface area contributed by atoms with Crippen molar-refractivity contribution in [3.8, 4) is 0 Å². The van der Waals surface area contributed by atoms with Crippen LogP contribution in [-0.4, -0.2) is 15.6 Å². The third-order valence-corrected chi connectivity index (χ3v) is 3.37. The fraction of sp³-hybridized carbons (Fsp3) is 0.733. The minimum atomic E-state index is -0.729. The molecular weight excluding hydrogens is 240 g/mol. The highest BCUT2D eigenvalue weighted by Crippen LogP contribution is 2.07. The van der Waals surface area contributed by atoms with Gasteiger partial charge >= 0.3 is 5.97 Å². The number of unbranched alkanes of at least 4 members (excludes halogenated alkanes) is 3. The molecule has 0 saturated carbocycles. The van der Waals surface area contributed by atoms with E-state index in [2.05, 4.69) is 29.2 Å². The summed E-state index contributed by atoms with van der Waals surface area (Å²) in [5.74, 6) is 0.548. The van der Waals surface area contributed by atoms with E-state index in [0.717, 1.165) is 19.4 Å². The molecule has 0 radical (unpaired) electrons. The number of aromatic nitrogens is 2. The van der Waals surface area contributed by atoms with Crippen molar-refractivity contribution in [1.82, 2.24) is 4.57 Å². The number of nitrogens with zero attached hydrogens (tertiary/aromatic N) is 2. The van der Waals surface area contributed by atoms with Crippen molar-refractivity contribution < 1.29 is 14.5 Å². The molecule has 0 fully saturated rings. The van der Waals surface area contributed by atoms with E-state index in [0.29, 0.717) is 6.54 Å². The molecular formula is C15H27N2O2+. The monoisotopic (exact) mass is 267 g/mol. The second kappa shape index (κ2) is 8.73. The standard InChI is InChI=1S/C15H26N2O2/c1-3-5-6-7-8-14-16(10-4-2)12-13-17(14)11-9-15(18)19/h12-13H,3-11H2,1-2H3/p+1. The number of carbonyl (C=O) groups is 1. The first-order chi connectivity index (χ1) is 9.19. The van der Waals surface area contributed by atoms with E-state index in [9.17, 15) is 4.79 Å². The predicted octanol–water partition coefficient (Wildman–Crippen LogP) is 2.78. The summed E-state index contributed by atoms with van der Waals surface area (Å²) in [4.78, 5) is 10.7. The molecule has 0 bridgehead atoms. The first kappa shape index (κ1) is 15.7. The Bertz CT molecular complexity index is 385. The quantitative estimate of drug-likeness (QED) is 0.523. The highest BCUT2D eigenvalue weighted by atomic mass is 16.4. The molecule has 1 heterocycles. The summed E-state index contributed by atoms with van der Waals surface area (Å²) in [7, 11) is 0. The molecule has 19 heavy (non-hydrogen) atoms. The lowest BCUT2D eigenvalue weighted by Gasteiger charge is -2.04. The third kappa shape index (κ3) is 5.45. The number of carboxylic acid groups (broad SMARTS) is 1. The normalized spacial score (nSPS) is 10.8. The Hall–Kier alpha value is -1.32. The van der Waals surface area contributed by atoms with Crippen molar-refractivity contribution in [2.24, 2.45) is 0 Å². The Morgan fingerprint density at radius 1 is 1.26 bits per heavy atom. The van der Waals surface area contributed by atoms with Gasteiger partial charge in [-0.2, -0.15) is 0 Å². The van der Waals surface area contributed by atoms with Gasteiger partial charge in [0.15, 0.2) is 0 Å². The molecule has 1 aromatic heterocycles. The topological polar surface area (TPSA) is 46.1 Å². The van der Waals surface area contributed by atoms with Gasteiger partial charge in [0.2, 0.25) is 0 Å². The minimum Gasteiger partial charge on any atom is -0.481 e. The van der Waals surface area contributed by atoms with Gasteiger partial charge in [-0.1, -0.05) is 33.1 Å².